The van der Waals surface area contributed by atoms with Crippen molar-refractivity contribution in [3.63, 3.8) is 0 Å². The van der Waals surface area contributed by atoms with E-state index in [4.69, 9.17) is 10.00 Å². The third kappa shape index (κ3) is 4.38. The Labute approximate surface area is 124 Å². The molecule has 3 nitrogen and oxygen atoms in total. The largest absolute Gasteiger partial charge is 0.380 e. The van der Waals surface area contributed by atoms with Crippen LogP contribution in [0.3, 0.4) is 0 Å². The monoisotopic (exact) mass is 284 g/mol. The molecule has 0 saturated heterocycles. The van der Waals surface area contributed by atoms with Gasteiger partial charge in [0.25, 0.3) is 0 Å². The number of methoxy groups -OCH3 is 1. The van der Waals surface area contributed by atoms with Gasteiger partial charge in [-0.3, -0.25) is 0 Å². The lowest BCUT2D eigenvalue weighted by atomic mass is 10.1. The quantitative estimate of drug-likeness (QED) is 0.886. The molecule has 4 heteroatoms. The fourth-order valence-electron chi connectivity index (χ4n) is 2.12. The van der Waals surface area contributed by atoms with Crippen molar-refractivity contribution < 1.29 is 9.13 Å². The van der Waals surface area contributed by atoms with E-state index in [9.17, 15) is 4.39 Å². The molecule has 0 amide bonds. The number of hydrogen-bond acceptors (Lipinski definition) is 3. The number of benzene rings is 2. The molecule has 0 heterocycles. The summed E-state index contributed by atoms with van der Waals surface area (Å²) in [6, 6.07) is 14.4. The highest BCUT2D eigenvalue weighted by atomic mass is 19.1. The molecule has 0 aromatic heterocycles. The van der Waals surface area contributed by atoms with E-state index >= 15 is 0 Å². The van der Waals surface area contributed by atoms with Gasteiger partial charge >= 0.3 is 0 Å². The van der Waals surface area contributed by atoms with Crippen molar-refractivity contribution in [1.29, 1.82) is 5.26 Å². The standard InChI is InChI=1S/C17H17FN2O/c1-21-12-15-4-2-3-14(7-15)10-20-11-16-8-13(9-19)5-6-17(16)18/h2-8,20H,10-12H2,1H3. The minimum absolute atomic E-state index is 0.297. The average Bonchev–Trinajstić information content (AvgIpc) is 2.50. The molecule has 0 aliphatic carbocycles. The van der Waals surface area contributed by atoms with E-state index in [0.29, 0.717) is 30.8 Å². The van der Waals surface area contributed by atoms with Gasteiger partial charge in [-0.1, -0.05) is 24.3 Å². The summed E-state index contributed by atoms with van der Waals surface area (Å²) in [5.74, 6) is -0.297. The Balaban J connectivity index is 1.95. The van der Waals surface area contributed by atoms with Crippen molar-refractivity contribution in [1.82, 2.24) is 5.32 Å². The van der Waals surface area contributed by atoms with Crippen LogP contribution in [0.1, 0.15) is 22.3 Å². The number of nitrogens with zero attached hydrogens (tertiary/aromatic N) is 1. The third-order valence-corrected chi connectivity index (χ3v) is 3.12. The van der Waals surface area contributed by atoms with Crippen LogP contribution in [-0.4, -0.2) is 7.11 Å². The maximum Gasteiger partial charge on any atom is 0.127 e. The van der Waals surface area contributed by atoms with Crippen molar-refractivity contribution >= 4 is 0 Å². The van der Waals surface area contributed by atoms with Gasteiger partial charge in [-0.2, -0.15) is 5.26 Å². The van der Waals surface area contributed by atoms with E-state index in [0.717, 1.165) is 11.1 Å². The highest BCUT2D eigenvalue weighted by Gasteiger charge is 2.03. The first-order chi connectivity index (χ1) is 10.2. The molecule has 1 N–H and O–H groups in total. The second-order valence-corrected chi connectivity index (χ2v) is 4.77. The fourth-order valence-corrected chi connectivity index (χ4v) is 2.12. The van der Waals surface area contributed by atoms with Crippen molar-refractivity contribution in [2.24, 2.45) is 0 Å². The summed E-state index contributed by atoms with van der Waals surface area (Å²) in [5.41, 5.74) is 3.19. The van der Waals surface area contributed by atoms with Gasteiger partial charge in [0.15, 0.2) is 0 Å². The van der Waals surface area contributed by atoms with Crippen LogP contribution < -0.4 is 5.32 Å². The van der Waals surface area contributed by atoms with Crippen LogP contribution in [-0.2, 0) is 24.4 Å². The molecule has 21 heavy (non-hydrogen) atoms. The Morgan fingerprint density at radius 3 is 2.71 bits per heavy atom. The summed E-state index contributed by atoms with van der Waals surface area (Å²) >= 11 is 0. The maximum atomic E-state index is 13.6. The normalized spacial score (nSPS) is 10.3. The predicted octanol–water partition coefficient (Wildman–Crippen LogP) is 3.13. The third-order valence-electron chi connectivity index (χ3n) is 3.12. The van der Waals surface area contributed by atoms with Crippen molar-refractivity contribution in [3.8, 4) is 6.07 Å². The lowest BCUT2D eigenvalue weighted by Gasteiger charge is -2.08. The van der Waals surface area contributed by atoms with Gasteiger partial charge < -0.3 is 10.1 Å². The average molecular weight is 284 g/mol. The molecule has 0 saturated carbocycles. The minimum atomic E-state index is -0.297. The molecule has 108 valence electrons. The molecule has 0 aliphatic rings. The van der Waals surface area contributed by atoms with Crippen LogP contribution >= 0.6 is 0 Å². The Kier molecular flexibility index (Phi) is 5.44. The molecule has 0 aliphatic heterocycles. The number of nitrogens with one attached hydrogen (secondary N) is 1. The Bertz CT molecular complexity index is 649. The van der Waals surface area contributed by atoms with Crippen molar-refractivity contribution in [3.05, 3.63) is 70.5 Å². The van der Waals surface area contributed by atoms with Crippen LogP contribution in [0.2, 0.25) is 0 Å². The summed E-state index contributed by atoms with van der Waals surface area (Å²) in [5, 5.41) is 12.0. The van der Waals surface area contributed by atoms with E-state index < -0.39 is 0 Å². The molecule has 0 radical (unpaired) electrons. The molecule has 2 aromatic carbocycles. The number of hydrogen-bond donors (Lipinski definition) is 1. The lowest BCUT2D eigenvalue weighted by Crippen LogP contribution is -2.14. The summed E-state index contributed by atoms with van der Waals surface area (Å²) in [6.45, 7) is 1.59. The molecule has 2 rings (SSSR count). The minimum Gasteiger partial charge on any atom is -0.380 e. The molecule has 2 aromatic rings. The summed E-state index contributed by atoms with van der Waals surface area (Å²) < 4.78 is 18.7. The van der Waals surface area contributed by atoms with E-state index in [1.54, 1.807) is 13.2 Å². The van der Waals surface area contributed by atoms with E-state index in [1.807, 2.05) is 24.3 Å². The Hall–Kier alpha value is -2.22. The van der Waals surface area contributed by atoms with Crippen molar-refractivity contribution in [2.75, 3.05) is 7.11 Å². The molecule has 0 fully saturated rings. The highest BCUT2D eigenvalue weighted by Crippen LogP contribution is 2.11. The van der Waals surface area contributed by atoms with Gasteiger partial charge in [0.2, 0.25) is 0 Å². The predicted molar refractivity (Wildman–Crippen MR) is 78.8 cm³/mol. The first-order valence-corrected chi connectivity index (χ1v) is 6.69. The van der Waals surface area contributed by atoms with Crippen LogP contribution in [0.5, 0.6) is 0 Å². The first kappa shape index (κ1) is 15.2. The lowest BCUT2D eigenvalue weighted by molar-refractivity contribution is 0.185. The Morgan fingerprint density at radius 2 is 1.95 bits per heavy atom. The van der Waals surface area contributed by atoms with Crippen molar-refractivity contribution in [2.45, 2.75) is 19.7 Å². The topological polar surface area (TPSA) is 45.0 Å². The number of nitriles is 1. The summed E-state index contributed by atoms with van der Waals surface area (Å²) in [6.07, 6.45) is 0. The van der Waals surface area contributed by atoms with Gasteiger partial charge in [-0.25, -0.2) is 4.39 Å². The van der Waals surface area contributed by atoms with Gasteiger partial charge in [-0.15, -0.1) is 0 Å². The molecular weight excluding hydrogens is 267 g/mol. The second-order valence-electron chi connectivity index (χ2n) is 4.77. The fraction of sp³-hybridized carbons (Fsp3) is 0.235. The van der Waals surface area contributed by atoms with Gasteiger partial charge in [0.1, 0.15) is 5.82 Å². The molecule has 0 atom stereocenters. The maximum absolute atomic E-state index is 13.6. The zero-order valence-electron chi connectivity index (χ0n) is 11.9. The zero-order valence-corrected chi connectivity index (χ0v) is 11.9. The van der Waals surface area contributed by atoms with E-state index in [1.165, 1.54) is 12.1 Å². The van der Waals surface area contributed by atoms with Crippen LogP contribution in [0.4, 0.5) is 4.39 Å². The van der Waals surface area contributed by atoms with E-state index in [-0.39, 0.29) is 5.82 Å². The zero-order chi connectivity index (χ0) is 15.1. The molecule has 0 unspecified atom stereocenters. The van der Waals surface area contributed by atoms with Gasteiger partial charge in [-0.05, 0) is 29.3 Å². The molecular formula is C17H17FN2O. The smallest absolute Gasteiger partial charge is 0.127 e. The SMILES string of the molecule is COCc1cccc(CNCc2cc(C#N)ccc2F)c1. The van der Waals surface area contributed by atoms with Gasteiger partial charge in [0.05, 0.1) is 18.2 Å². The first-order valence-electron chi connectivity index (χ1n) is 6.69. The number of halogens is 1. The molecule has 0 bridgehead atoms. The molecule has 0 spiro atoms. The highest BCUT2D eigenvalue weighted by molar-refractivity contribution is 5.33. The van der Waals surface area contributed by atoms with Crippen LogP contribution in [0.15, 0.2) is 42.5 Å². The van der Waals surface area contributed by atoms with Crippen LogP contribution in [0.25, 0.3) is 0 Å². The summed E-state index contributed by atoms with van der Waals surface area (Å²) in [7, 11) is 1.66. The summed E-state index contributed by atoms with van der Waals surface area (Å²) in [4.78, 5) is 0. The second kappa shape index (κ2) is 7.53. The van der Waals surface area contributed by atoms with Crippen LogP contribution in [0, 0.1) is 17.1 Å². The number of ether oxygens (including phenoxy) is 1. The Morgan fingerprint density at radius 1 is 1.14 bits per heavy atom. The van der Waals surface area contributed by atoms with Gasteiger partial charge in [0, 0.05) is 25.8 Å². The van der Waals surface area contributed by atoms with E-state index in [2.05, 4.69) is 11.4 Å². The number of rotatable bonds is 6.